The van der Waals surface area contributed by atoms with Gasteiger partial charge in [-0.2, -0.15) is 0 Å². The summed E-state index contributed by atoms with van der Waals surface area (Å²) < 4.78 is 10.7. The van der Waals surface area contributed by atoms with E-state index in [0.717, 1.165) is 56.2 Å². The predicted octanol–water partition coefficient (Wildman–Crippen LogP) is 4.64. The molecule has 3 aliphatic carbocycles. The Morgan fingerprint density at radius 2 is 2.00 bits per heavy atom. The summed E-state index contributed by atoms with van der Waals surface area (Å²) in [5.41, 5.74) is 3.09. The van der Waals surface area contributed by atoms with Crippen LogP contribution in [0, 0.1) is 17.3 Å². The number of anilines is 1. The van der Waals surface area contributed by atoms with E-state index in [4.69, 9.17) is 21.1 Å². The molecule has 37 heavy (non-hydrogen) atoms. The van der Waals surface area contributed by atoms with Crippen LogP contribution in [-0.2, 0) is 11.3 Å². The lowest BCUT2D eigenvalue weighted by Gasteiger charge is -2.41. The van der Waals surface area contributed by atoms with Crippen molar-refractivity contribution < 1.29 is 14.3 Å². The first kappa shape index (κ1) is 24.0. The number of pyridine rings is 3. The number of hydrogen-bond donors (Lipinski definition) is 2. The Bertz CT molecular complexity index is 1440. The van der Waals surface area contributed by atoms with E-state index in [9.17, 15) is 4.79 Å². The lowest BCUT2D eigenvalue weighted by atomic mass is 9.69. The van der Waals surface area contributed by atoms with Crippen molar-refractivity contribution in [1.82, 2.24) is 20.3 Å². The summed E-state index contributed by atoms with van der Waals surface area (Å²) >= 11 is 6.53. The van der Waals surface area contributed by atoms with Crippen LogP contribution in [0.3, 0.4) is 0 Å². The van der Waals surface area contributed by atoms with Gasteiger partial charge in [0.05, 0.1) is 28.9 Å². The maximum absolute atomic E-state index is 11.6. The fourth-order valence-corrected chi connectivity index (χ4v) is 5.94. The summed E-state index contributed by atoms with van der Waals surface area (Å²) in [6, 6.07) is 7.51. The van der Waals surface area contributed by atoms with E-state index in [0.29, 0.717) is 40.1 Å². The van der Waals surface area contributed by atoms with Crippen LogP contribution in [0.4, 0.5) is 5.82 Å². The van der Waals surface area contributed by atoms with E-state index in [1.807, 2.05) is 18.2 Å². The average Bonchev–Trinajstić information content (AvgIpc) is 3.21. The molecule has 0 atom stereocenters. The van der Waals surface area contributed by atoms with Gasteiger partial charge in [0.25, 0.3) is 5.91 Å². The number of nitrogens with one attached hydrogen (secondary N) is 2. The summed E-state index contributed by atoms with van der Waals surface area (Å²) in [7, 11) is 1.60. The third kappa shape index (κ3) is 4.70. The molecule has 0 aromatic carbocycles. The zero-order valence-electron chi connectivity index (χ0n) is 20.7. The molecule has 9 heteroatoms. The third-order valence-corrected chi connectivity index (χ3v) is 8.24. The van der Waals surface area contributed by atoms with Crippen molar-refractivity contribution in [3.63, 3.8) is 0 Å². The number of hydrogen-bond acceptors (Lipinski definition) is 7. The SMILES string of the molecule is COc1ccc2ncc(Cl)c(C#CC34CCCC(NCc5ccc6c(n5)NC(=O)CO6)(CC3)CC4)c2n1. The molecule has 1 amide bonds. The Labute approximate surface area is 220 Å². The number of rotatable bonds is 4. The number of carbonyl (C=O) groups is 1. The molecule has 0 saturated heterocycles. The lowest BCUT2D eigenvalue weighted by molar-refractivity contribution is -0.118. The van der Waals surface area contributed by atoms with Crippen LogP contribution in [0.1, 0.15) is 56.2 Å². The fraction of sp³-hybridized carbons (Fsp3) is 0.429. The number of nitrogens with zero attached hydrogens (tertiary/aromatic N) is 3. The molecular formula is C28H28ClN5O3. The molecule has 190 valence electrons. The van der Waals surface area contributed by atoms with Gasteiger partial charge in [0, 0.05) is 29.8 Å². The van der Waals surface area contributed by atoms with Gasteiger partial charge in [0.15, 0.2) is 18.2 Å². The first-order valence-corrected chi connectivity index (χ1v) is 13.0. The highest BCUT2D eigenvalue weighted by Gasteiger charge is 2.44. The molecule has 0 radical (unpaired) electrons. The van der Waals surface area contributed by atoms with E-state index < -0.39 is 0 Å². The van der Waals surface area contributed by atoms with Crippen molar-refractivity contribution in [1.29, 1.82) is 0 Å². The van der Waals surface area contributed by atoms with E-state index in [1.165, 1.54) is 0 Å². The van der Waals surface area contributed by atoms with Crippen LogP contribution in [0.25, 0.3) is 11.0 Å². The quantitative estimate of drug-likeness (QED) is 0.486. The highest BCUT2D eigenvalue weighted by molar-refractivity contribution is 6.32. The minimum absolute atomic E-state index is 0.0227. The monoisotopic (exact) mass is 517 g/mol. The number of amides is 1. The summed E-state index contributed by atoms with van der Waals surface area (Å²) in [6.45, 7) is 0.683. The Kier molecular flexibility index (Phi) is 6.13. The van der Waals surface area contributed by atoms with Gasteiger partial charge >= 0.3 is 0 Å². The van der Waals surface area contributed by atoms with Crippen LogP contribution >= 0.6 is 11.6 Å². The van der Waals surface area contributed by atoms with Crippen molar-refractivity contribution >= 4 is 34.4 Å². The molecule has 3 aromatic rings. The zero-order valence-corrected chi connectivity index (χ0v) is 21.5. The molecule has 4 aliphatic rings. The molecule has 0 unspecified atom stereocenters. The van der Waals surface area contributed by atoms with E-state index in [2.05, 4.69) is 37.4 Å². The Balaban J connectivity index is 1.18. The second-order valence-corrected chi connectivity index (χ2v) is 10.6. The largest absolute Gasteiger partial charge is 0.481 e. The van der Waals surface area contributed by atoms with Crippen molar-refractivity contribution in [2.45, 2.75) is 57.0 Å². The molecule has 8 nitrogen and oxygen atoms in total. The van der Waals surface area contributed by atoms with E-state index >= 15 is 0 Å². The van der Waals surface area contributed by atoms with Crippen LogP contribution in [0.5, 0.6) is 11.6 Å². The third-order valence-electron chi connectivity index (χ3n) is 7.95. The van der Waals surface area contributed by atoms with Crippen LogP contribution < -0.4 is 20.1 Å². The van der Waals surface area contributed by atoms with Gasteiger partial charge < -0.3 is 20.1 Å². The van der Waals surface area contributed by atoms with E-state index in [-0.39, 0.29) is 23.5 Å². The molecule has 4 heterocycles. The van der Waals surface area contributed by atoms with Crippen molar-refractivity contribution in [3.8, 4) is 23.5 Å². The standard InChI is InChI=1S/C28H28ClN5O3/c1-36-24-6-4-21-25(34-24)19(20(29)16-30-21)7-10-27-8-2-9-28(13-11-27,14-12-27)31-15-18-3-5-22-26(32-18)33-23(35)17-37-22/h3-6,16,31H,2,8-9,11-15,17H2,1H3,(H,32,33,35). The van der Waals surface area contributed by atoms with Crippen molar-refractivity contribution in [2.75, 3.05) is 19.0 Å². The van der Waals surface area contributed by atoms with Crippen molar-refractivity contribution in [3.05, 3.63) is 46.7 Å². The molecule has 7 rings (SSSR count). The van der Waals surface area contributed by atoms with Crippen LogP contribution in [0.2, 0.25) is 5.02 Å². The first-order valence-electron chi connectivity index (χ1n) is 12.7. The Morgan fingerprint density at radius 3 is 2.84 bits per heavy atom. The number of halogens is 1. The number of methoxy groups -OCH3 is 1. The average molecular weight is 518 g/mol. The topological polar surface area (TPSA) is 98.3 Å². The van der Waals surface area contributed by atoms with Crippen LogP contribution in [0.15, 0.2) is 30.5 Å². The smallest absolute Gasteiger partial charge is 0.263 e. The Hall–Kier alpha value is -3.41. The van der Waals surface area contributed by atoms with Gasteiger partial charge in [-0.1, -0.05) is 29.9 Å². The molecule has 0 spiro atoms. The highest BCUT2D eigenvalue weighted by atomic mass is 35.5. The predicted molar refractivity (Wildman–Crippen MR) is 141 cm³/mol. The normalized spacial score (nSPS) is 24.3. The second-order valence-electron chi connectivity index (χ2n) is 10.2. The lowest BCUT2D eigenvalue weighted by Crippen LogP contribution is -2.47. The second kappa shape index (κ2) is 9.47. The number of carbonyl (C=O) groups excluding carboxylic acids is 1. The molecule has 2 N–H and O–H groups in total. The summed E-state index contributed by atoms with van der Waals surface area (Å²) in [4.78, 5) is 25.2. The molecule has 2 bridgehead atoms. The Morgan fingerprint density at radius 1 is 1.14 bits per heavy atom. The van der Waals surface area contributed by atoms with Gasteiger partial charge in [-0.05, 0) is 56.7 Å². The summed E-state index contributed by atoms with van der Waals surface area (Å²) in [5, 5.41) is 7.12. The minimum Gasteiger partial charge on any atom is -0.481 e. The van der Waals surface area contributed by atoms with Crippen LogP contribution in [-0.4, -0.2) is 40.1 Å². The molecular weight excluding hydrogens is 490 g/mol. The first-order chi connectivity index (χ1) is 18.0. The van der Waals surface area contributed by atoms with Gasteiger partial charge in [-0.3, -0.25) is 9.78 Å². The van der Waals surface area contributed by atoms with Gasteiger partial charge in [-0.25, -0.2) is 9.97 Å². The fourth-order valence-electron chi connectivity index (χ4n) is 5.76. The summed E-state index contributed by atoms with van der Waals surface area (Å²) in [5.74, 6) is 8.51. The maximum Gasteiger partial charge on any atom is 0.263 e. The van der Waals surface area contributed by atoms with Gasteiger partial charge in [0.2, 0.25) is 5.88 Å². The number of ether oxygens (including phenoxy) is 2. The molecule has 3 aromatic heterocycles. The number of fused-ring (bicyclic) bond motifs is 6. The van der Waals surface area contributed by atoms with Crippen molar-refractivity contribution in [2.24, 2.45) is 5.41 Å². The zero-order chi connectivity index (χ0) is 25.5. The molecule has 3 saturated carbocycles. The summed E-state index contributed by atoms with van der Waals surface area (Å²) in [6.07, 6.45) is 9.12. The number of aromatic nitrogens is 3. The molecule has 1 aliphatic heterocycles. The van der Waals surface area contributed by atoms with Gasteiger partial charge in [0.1, 0.15) is 5.52 Å². The van der Waals surface area contributed by atoms with E-state index in [1.54, 1.807) is 19.4 Å². The maximum atomic E-state index is 11.6. The highest BCUT2D eigenvalue weighted by Crippen LogP contribution is 2.49. The van der Waals surface area contributed by atoms with Gasteiger partial charge in [-0.15, -0.1) is 0 Å². The molecule has 3 fully saturated rings. The minimum atomic E-state index is -0.173.